The van der Waals surface area contributed by atoms with E-state index in [4.69, 9.17) is 0 Å². The Morgan fingerprint density at radius 3 is 2.29 bits per heavy atom. The maximum Gasteiger partial charge on any atom is 0.256 e. The fraction of sp³-hybridized carbons (Fsp3) is 0.431. The number of piperidine rings is 1. The molecule has 11 rings (SSSR count). The molecule has 86 heavy (non-hydrogen) atoms. The lowest BCUT2D eigenvalue weighted by Crippen LogP contribution is -2.59. The van der Waals surface area contributed by atoms with E-state index in [-0.39, 0.29) is 84.8 Å². The molecule has 21 heteroatoms. The highest BCUT2D eigenvalue weighted by molar-refractivity contribution is 7.13. The quantitative estimate of drug-likeness (QED) is 0.0426. The van der Waals surface area contributed by atoms with Crippen LogP contribution in [0.15, 0.2) is 115 Å². The van der Waals surface area contributed by atoms with Crippen molar-refractivity contribution in [1.29, 1.82) is 0 Å². The first-order valence-electron chi connectivity index (χ1n) is 29.9. The number of aromatic nitrogens is 4. The van der Waals surface area contributed by atoms with Gasteiger partial charge in [0, 0.05) is 94.5 Å². The number of likely N-dealkylation sites (tertiary alicyclic amines) is 2. The molecule has 20 nitrogen and oxygen atoms in total. The average molecular weight is 1180 g/mol. The number of hydrogen-bond acceptors (Lipinski definition) is 16. The molecule has 1 saturated carbocycles. The van der Waals surface area contributed by atoms with Crippen LogP contribution < -0.4 is 26.2 Å². The van der Waals surface area contributed by atoms with E-state index in [2.05, 4.69) is 69.7 Å². The highest BCUT2D eigenvalue weighted by Gasteiger charge is 2.50. The highest BCUT2D eigenvalue weighted by atomic mass is 32.1. The lowest BCUT2D eigenvalue weighted by atomic mass is 9.60. The number of piperazine rings is 1. The fourth-order valence-corrected chi connectivity index (χ4v) is 13.8. The second kappa shape index (κ2) is 25.1. The molecule has 3 saturated heterocycles. The van der Waals surface area contributed by atoms with E-state index in [1.165, 1.54) is 11.1 Å². The van der Waals surface area contributed by atoms with Crippen LogP contribution in [0.25, 0.3) is 10.4 Å². The second-order valence-electron chi connectivity index (χ2n) is 24.5. The van der Waals surface area contributed by atoms with E-state index in [0.29, 0.717) is 36.2 Å². The van der Waals surface area contributed by atoms with Crippen molar-refractivity contribution in [3.63, 3.8) is 0 Å². The van der Waals surface area contributed by atoms with Crippen LogP contribution in [0.1, 0.15) is 115 Å². The fourth-order valence-electron chi connectivity index (χ4n) is 13.0. The largest absolute Gasteiger partial charge is 0.391 e. The molecule has 6 N–H and O–H groups in total. The van der Waals surface area contributed by atoms with Gasteiger partial charge in [0.25, 0.3) is 11.8 Å². The summed E-state index contributed by atoms with van der Waals surface area (Å²) in [4.78, 5) is 99.6. The maximum atomic E-state index is 14.6. The third kappa shape index (κ3) is 12.9. The topological polar surface area (TPSA) is 242 Å². The number of hydrogen-bond donors (Lipinski definition) is 6. The minimum atomic E-state index is -1.17. The number of nitrogens with one attached hydrogen (secondary N) is 4. The zero-order chi connectivity index (χ0) is 60.4. The molecule has 4 atom stereocenters. The minimum Gasteiger partial charge on any atom is -0.391 e. The van der Waals surface area contributed by atoms with E-state index in [9.17, 15) is 34.2 Å². The van der Waals surface area contributed by atoms with Gasteiger partial charge in [-0.1, -0.05) is 68.5 Å². The third-order valence-corrected chi connectivity index (χ3v) is 18.8. The average Bonchev–Trinajstić information content (AvgIpc) is 1.82. The number of thiazole rings is 1. The summed E-state index contributed by atoms with van der Waals surface area (Å²) in [5.74, 6) is -0.806. The van der Waals surface area contributed by atoms with E-state index in [1.807, 2.05) is 85.8 Å². The number of fused-ring (bicyclic) bond motifs is 1. The van der Waals surface area contributed by atoms with Gasteiger partial charge >= 0.3 is 0 Å². The first-order chi connectivity index (χ1) is 41.3. The SMILES string of the molecule is C=CCNC(=O)c1cnc(Nc2ccc(N3CCN(C4CC5(CCN(C(=O)C[C@H](NC(=O)[C@@H]6C[C@@H](O)CN6C(=O)[C@H](C(C)C)N6Cc7ccccc7C6=O)c6ccc(-c7scnc7C)cc6)CC5)C4)CC3)cc2)nc1Nc1cccc(C(C)(C)O)n1. The van der Waals surface area contributed by atoms with Gasteiger partial charge in [-0.05, 0) is 117 Å². The number of rotatable bonds is 19. The molecule has 0 bridgehead atoms. The molecule has 4 aliphatic heterocycles. The molecule has 450 valence electrons. The highest BCUT2D eigenvalue weighted by Crippen LogP contribution is 2.51. The molecule has 0 unspecified atom stereocenters. The van der Waals surface area contributed by atoms with E-state index < -0.39 is 35.7 Å². The van der Waals surface area contributed by atoms with Crippen molar-refractivity contribution in [2.24, 2.45) is 11.3 Å². The van der Waals surface area contributed by atoms with Gasteiger partial charge in [0.2, 0.25) is 23.7 Å². The number of benzene rings is 3. The number of β-amino-alcohol motifs (C(OH)–C–C–N with tert-alkyl or cyclic N) is 1. The Hall–Kier alpha value is -8.11. The van der Waals surface area contributed by atoms with E-state index in [0.717, 1.165) is 90.5 Å². The smallest absolute Gasteiger partial charge is 0.256 e. The molecule has 1 spiro atoms. The summed E-state index contributed by atoms with van der Waals surface area (Å²) in [5, 5.41) is 34.0. The predicted octanol–water partition coefficient (Wildman–Crippen LogP) is 7.72. The number of carbonyl (C=O) groups excluding carboxylic acids is 5. The Bertz CT molecular complexity index is 3470. The Morgan fingerprint density at radius 1 is 0.884 bits per heavy atom. The molecule has 5 amide bonds. The normalized spacial score (nSPS) is 19.5. The summed E-state index contributed by atoms with van der Waals surface area (Å²) in [5.41, 5.74) is 7.49. The van der Waals surface area contributed by atoms with Gasteiger partial charge in [-0.3, -0.25) is 28.9 Å². The van der Waals surface area contributed by atoms with Crippen LogP contribution >= 0.6 is 11.3 Å². The van der Waals surface area contributed by atoms with Crippen LogP contribution in [-0.2, 0) is 26.5 Å². The van der Waals surface area contributed by atoms with E-state index >= 15 is 0 Å². The van der Waals surface area contributed by atoms with Crippen molar-refractivity contribution in [2.75, 3.05) is 67.9 Å². The van der Waals surface area contributed by atoms with Gasteiger partial charge < -0.3 is 51.1 Å². The maximum absolute atomic E-state index is 14.6. The first kappa shape index (κ1) is 59.6. The van der Waals surface area contributed by atoms with Gasteiger partial charge in [-0.2, -0.15) is 4.98 Å². The number of pyridine rings is 1. The summed E-state index contributed by atoms with van der Waals surface area (Å²) < 4.78 is 0. The summed E-state index contributed by atoms with van der Waals surface area (Å²) >= 11 is 1.55. The number of aryl methyl sites for hydroxylation is 1. The molecule has 7 heterocycles. The lowest BCUT2D eigenvalue weighted by molar-refractivity contribution is -0.144. The summed E-state index contributed by atoms with van der Waals surface area (Å²) in [6, 6.07) is 26.6. The van der Waals surface area contributed by atoms with E-state index in [1.54, 1.807) is 60.4 Å². The Kier molecular flexibility index (Phi) is 17.4. The third-order valence-electron chi connectivity index (χ3n) is 17.8. The molecule has 4 fully saturated rings. The van der Waals surface area contributed by atoms with Crippen molar-refractivity contribution in [3.05, 3.63) is 149 Å². The molecule has 1 aliphatic carbocycles. The van der Waals surface area contributed by atoms with Crippen LogP contribution in [-0.4, -0.2) is 156 Å². The van der Waals surface area contributed by atoms with Crippen LogP contribution in [0.3, 0.4) is 0 Å². The number of carbonyl (C=O) groups is 5. The number of aliphatic hydroxyl groups is 2. The molecule has 3 aromatic heterocycles. The van der Waals surface area contributed by atoms with Crippen molar-refractivity contribution >= 4 is 69.8 Å². The standard InChI is InChI=1S/C65H77N13O7S/c1-7-25-66-59(81)50-36-67-63(73-58(50)72-54-14-10-13-53(71-54)64(5,6)85)69-45-19-21-46(22-20-45)74-28-30-75(31-29-74)47-34-65(35-47)23-26-76(27-24-65)55(80)33-51(42-15-17-43(18-16-42)57-41(4)68-39-86-57)70-60(82)52-32-48(79)38-77(52)62(84)56(40(2)3)78-37-44-11-8-9-12-49(44)61(78)83/h7-22,36,39-40,47-48,51-52,56,79,85H,1,23-35,37-38H2,2-6H3,(H,66,81)(H,70,82)(H2,67,69,71,72,73)/t48-,51+,52+,56+/m1/s1. The van der Waals surface area contributed by atoms with Crippen molar-refractivity contribution < 1.29 is 34.2 Å². The molecular weight excluding hydrogens is 1110 g/mol. The van der Waals surface area contributed by atoms with Crippen molar-refractivity contribution in [1.82, 2.24) is 50.2 Å². The Labute approximate surface area is 506 Å². The molecule has 6 aromatic rings. The van der Waals surface area contributed by atoms with Crippen LogP contribution in [0.5, 0.6) is 0 Å². The summed E-state index contributed by atoms with van der Waals surface area (Å²) in [6.07, 6.45) is 6.22. The molecule has 0 radical (unpaired) electrons. The lowest BCUT2D eigenvalue weighted by Gasteiger charge is -2.56. The number of nitrogens with zero attached hydrogens (tertiary/aromatic N) is 9. The zero-order valence-corrected chi connectivity index (χ0v) is 50.4. The zero-order valence-electron chi connectivity index (χ0n) is 49.5. The molecule has 5 aliphatic rings. The Morgan fingerprint density at radius 2 is 1.62 bits per heavy atom. The second-order valence-corrected chi connectivity index (χ2v) is 25.4. The summed E-state index contributed by atoms with van der Waals surface area (Å²) in [7, 11) is 0. The molecule has 3 aromatic carbocycles. The predicted molar refractivity (Wildman–Crippen MR) is 331 cm³/mol. The van der Waals surface area contributed by atoms with Crippen molar-refractivity contribution in [3.8, 4) is 10.4 Å². The van der Waals surface area contributed by atoms with Gasteiger partial charge in [0.05, 0.1) is 40.3 Å². The summed E-state index contributed by atoms with van der Waals surface area (Å²) in [6.45, 7) is 18.2. The number of anilines is 5. The first-order valence-corrected chi connectivity index (χ1v) is 30.8. The number of aliphatic hydroxyl groups excluding tert-OH is 1. The Balaban J connectivity index is 0.684. The van der Waals surface area contributed by atoms with Crippen molar-refractivity contribution in [2.45, 2.75) is 116 Å². The van der Waals surface area contributed by atoms with Gasteiger partial charge in [0.1, 0.15) is 34.9 Å². The van der Waals surface area contributed by atoms with Gasteiger partial charge in [0.15, 0.2) is 0 Å². The minimum absolute atomic E-state index is 0.0290. The number of amides is 5. The van der Waals surface area contributed by atoms with Gasteiger partial charge in [-0.25, -0.2) is 15.0 Å². The van der Waals surface area contributed by atoms with Crippen LogP contribution in [0.4, 0.5) is 29.0 Å². The van der Waals surface area contributed by atoms with Crippen LogP contribution in [0, 0.1) is 18.3 Å². The van der Waals surface area contributed by atoms with Gasteiger partial charge in [-0.15, -0.1) is 17.9 Å². The van der Waals surface area contributed by atoms with Crippen LogP contribution in [0.2, 0.25) is 0 Å². The monoisotopic (exact) mass is 1180 g/mol. The molecular formula is C65H77N13O7S.